The van der Waals surface area contributed by atoms with Gasteiger partial charge >= 0.3 is 0 Å². The van der Waals surface area contributed by atoms with Crippen molar-refractivity contribution in [3.05, 3.63) is 134 Å². The lowest BCUT2D eigenvalue weighted by molar-refractivity contribution is 1.14. The van der Waals surface area contributed by atoms with Crippen LogP contribution in [0.25, 0.3) is 66.4 Å². The van der Waals surface area contributed by atoms with E-state index < -0.39 is 0 Å². The van der Waals surface area contributed by atoms with Crippen molar-refractivity contribution in [1.29, 1.82) is 0 Å². The normalized spacial score (nSPS) is 11.7. The van der Waals surface area contributed by atoms with E-state index in [-0.39, 0.29) is 0 Å². The molecule has 4 aromatic heterocycles. The average Bonchev–Trinajstić information content (AvgIpc) is 3.49. The molecule has 0 aliphatic heterocycles. The van der Waals surface area contributed by atoms with Crippen LogP contribution in [0, 0.1) is 0 Å². The summed E-state index contributed by atoms with van der Waals surface area (Å²) in [6.45, 7) is 0. The number of rotatable bonds is 3. The van der Waals surface area contributed by atoms with Crippen LogP contribution in [0.4, 0.5) is 0 Å². The van der Waals surface area contributed by atoms with Crippen molar-refractivity contribution in [2.75, 3.05) is 0 Å². The van der Waals surface area contributed by atoms with Gasteiger partial charge in [-0.15, -0.1) is 0 Å². The maximum atomic E-state index is 5.36. The number of benzene rings is 4. The molecule has 0 fully saturated rings. The molecule has 0 radical (unpaired) electrons. The maximum absolute atomic E-state index is 5.36. The Labute approximate surface area is 219 Å². The molecule has 8 rings (SSSR count). The Morgan fingerprint density at radius 3 is 1.92 bits per heavy atom. The van der Waals surface area contributed by atoms with Gasteiger partial charge in [0.1, 0.15) is 5.65 Å². The smallest absolute Gasteiger partial charge is 0.146 e. The molecule has 8 aromatic rings. The summed E-state index contributed by atoms with van der Waals surface area (Å²) in [6, 6.07) is 42.7. The highest BCUT2D eigenvalue weighted by Crippen LogP contribution is 2.37. The summed E-state index contributed by atoms with van der Waals surface area (Å²) in [7, 11) is 0. The van der Waals surface area contributed by atoms with Gasteiger partial charge < -0.3 is 4.57 Å². The Kier molecular flexibility index (Phi) is 4.49. The SMILES string of the molecule is c1ccc(-n2c3ccccc3c3cc4c(nc32)c2ccccc2n4-c2ccc(-c3cccnc3)cc2)cc1. The van der Waals surface area contributed by atoms with Crippen molar-refractivity contribution in [1.82, 2.24) is 19.1 Å². The second-order valence-corrected chi connectivity index (χ2v) is 9.56. The van der Waals surface area contributed by atoms with Crippen LogP contribution < -0.4 is 0 Å². The average molecular weight is 487 g/mol. The van der Waals surface area contributed by atoms with E-state index in [1.54, 1.807) is 6.20 Å². The Balaban J connectivity index is 1.44. The highest BCUT2D eigenvalue weighted by Gasteiger charge is 2.19. The number of pyridine rings is 2. The molecule has 4 heteroatoms. The van der Waals surface area contributed by atoms with E-state index in [2.05, 4.69) is 129 Å². The molecule has 0 bridgehead atoms. The quantitative estimate of drug-likeness (QED) is 0.252. The van der Waals surface area contributed by atoms with Gasteiger partial charge in [0, 0.05) is 39.9 Å². The van der Waals surface area contributed by atoms with Crippen LogP contribution in [0.5, 0.6) is 0 Å². The molecule has 0 aliphatic carbocycles. The first-order chi connectivity index (χ1) is 18.9. The summed E-state index contributed by atoms with van der Waals surface area (Å²) < 4.78 is 4.61. The Morgan fingerprint density at radius 2 is 1.16 bits per heavy atom. The fourth-order valence-corrected chi connectivity index (χ4v) is 5.69. The first-order valence-corrected chi connectivity index (χ1v) is 12.8. The van der Waals surface area contributed by atoms with E-state index in [0.29, 0.717) is 0 Å². The summed E-state index contributed by atoms with van der Waals surface area (Å²) in [6.07, 6.45) is 3.71. The largest absolute Gasteiger partial charge is 0.308 e. The van der Waals surface area contributed by atoms with Gasteiger partial charge in [0.2, 0.25) is 0 Å². The van der Waals surface area contributed by atoms with Crippen LogP contribution in [0.2, 0.25) is 0 Å². The van der Waals surface area contributed by atoms with Crippen LogP contribution in [-0.2, 0) is 0 Å². The topological polar surface area (TPSA) is 35.6 Å². The Bertz CT molecular complexity index is 2100. The molecule has 4 aromatic carbocycles. The van der Waals surface area contributed by atoms with Gasteiger partial charge in [0.15, 0.2) is 0 Å². The van der Waals surface area contributed by atoms with E-state index >= 15 is 0 Å². The van der Waals surface area contributed by atoms with E-state index in [4.69, 9.17) is 4.98 Å². The highest BCUT2D eigenvalue weighted by atomic mass is 15.1. The zero-order chi connectivity index (χ0) is 25.1. The minimum Gasteiger partial charge on any atom is -0.308 e. The van der Waals surface area contributed by atoms with E-state index in [0.717, 1.165) is 61.0 Å². The molecule has 38 heavy (non-hydrogen) atoms. The van der Waals surface area contributed by atoms with Crippen LogP contribution in [0.3, 0.4) is 0 Å². The van der Waals surface area contributed by atoms with Gasteiger partial charge in [0.05, 0.1) is 22.1 Å². The number of aromatic nitrogens is 4. The summed E-state index contributed by atoms with van der Waals surface area (Å²) in [5.41, 5.74) is 9.86. The van der Waals surface area contributed by atoms with Gasteiger partial charge in [-0.25, -0.2) is 4.98 Å². The first-order valence-electron chi connectivity index (χ1n) is 12.8. The summed E-state index contributed by atoms with van der Waals surface area (Å²) in [5.74, 6) is 0. The Hall–Kier alpha value is -5.22. The molecule has 0 saturated carbocycles. The van der Waals surface area contributed by atoms with Crippen molar-refractivity contribution in [3.63, 3.8) is 0 Å². The monoisotopic (exact) mass is 486 g/mol. The van der Waals surface area contributed by atoms with Crippen molar-refractivity contribution in [3.8, 4) is 22.5 Å². The Morgan fingerprint density at radius 1 is 0.474 bits per heavy atom. The molecule has 0 saturated heterocycles. The zero-order valence-corrected chi connectivity index (χ0v) is 20.5. The first kappa shape index (κ1) is 20.9. The minimum absolute atomic E-state index is 0.972. The predicted octanol–water partition coefficient (Wildman–Crippen LogP) is 8.34. The molecule has 0 aliphatic rings. The predicted molar refractivity (Wildman–Crippen MR) is 156 cm³/mol. The molecule has 4 heterocycles. The fourth-order valence-electron chi connectivity index (χ4n) is 5.69. The third-order valence-electron chi connectivity index (χ3n) is 7.40. The summed E-state index contributed by atoms with van der Waals surface area (Å²) in [4.78, 5) is 9.64. The zero-order valence-electron chi connectivity index (χ0n) is 20.5. The van der Waals surface area contributed by atoms with E-state index in [9.17, 15) is 0 Å². The van der Waals surface area contributed by atoms with Gasteiger partial charge in [-0.1, -0.05) is 72.8 Å². The number of hydrogen-bond donors (Lipinski definition) is 0. The molecule has 0 N–H and O–H groups in total. The van der Waals surface area contributed by atoms with Gasteiger partial charge in [-0.2, -0.15) is 0 Å². The second kappa shape index (κ2) is 8.15. The maximum Gasteiger partial charge on any atom is 0.146 e. The standard InChI is InChI=1S/C34H22N4/c1-2-10-25(11-3-1)38-30-14-6-4-12-27(30)29-21-32-33(36-34(29)38)28-13-5-7-15-31(28)37(32)26-18-16-23(17-19-26)24-9-8-20-35-22-24/h1-22H. The van der Waals surface area contributed by atoms with Crippen molar-refractivity contribution in [2.45, 2.75) is 0 Å². The molecular weight excluding hydrogens is 464 g/mol. The number of para-hydroxylation sites is 3. The molecule has 0 unspecified atom stereocenters. The second-order valence-electron chi connectivity index (χ2n) is 9.56. The summed E-state index contributed by atoms with van der Waals surface area (Å²) >= 11 is 0. The highest BCUT2D eigenvalue weighted by molar-refractivity contribution is 6.15. The molecule has 0 spiro atoms. The molecule has 0 atom stereocenters. The third-order valence-corrected chi connectivity index (χ3v) is 7.40. The summed E-state index contributed by atoms with van der Waals surface area (Å²) in [5, 5.41) is 3.49. The molecule has 4 nitrogen and oxygen atoms in total. The lowest BCUT2D eigenvalue weighted by atomic mass is 10.1. The van der Waals surface area contributed by atoms with Gasteiger partial charge in [-0.05, 0) is 59.7 Å². The van der Waals surface area contributed by atoms with Gasteiger partial charge in [0.25, 0.3) is 0 Å². The minimum atomic E-state index is 0.972. The van der Waals surface area contributed by atoms with Crippen LogP contribution >= 0.6 is 0 Å². The molecule has 0 amide bonds. The van der Waals surface area contributed by atoms with Crippen molar-refractivity contribution >= 4 is 43.9 Å². The lowest BCUT2D eigenvalue weighted by Crippen LogP contribution is -1.96. The van der Waals surface area contributed by atoms with Crippen LogP contribution in [0.1, 0.15) is 0 Å². The lowest BCUT2D eigenvalue weighted by Gasteiger charge is -2.09. The third kappa shape index (κ3) is 3.04. The number of hydrogen-bond acceptors (Lipinski definition) is 2. The number of nitrogens with zero attached hydrogens (tertiary/aromatic N) is 4. The van der Waals surface area contributed by atoms with Crippen molar-refractivity contribution < 1.29 is 0 Å². The van der Waals surface area contributed by atoms with Crippen LogP contribution in [0.15, 0.2) is 134 Å². The number of fused-ring (bicyclic) bond motifs is 6. The van der Waals surface area contributed by atoms with Crippen molar-refractivity contribution in [2.24, 2.45) is 0 Å². The van der Waals surface area contributed by atoms with Gasteiger partial charge in [-0.3, -0.25) is 9.55 Å². The molecule has 178 valence electrons. The molecular formula is C34H22N4. The van der Waals surface area contributed by atoms with E-state index in [1.807, 2.05) is 12.3 Å². The fraction of sp³-hybridized carbons (Fsp3) is 0. The van der Waals surface area contributed by atoms with Crippen LogP contribution in [-0.4, -0.2) is 19.1 Å². The van der Waals surface area contributed by atoms with E-state index in [1.165, 1.54) is 5.39 Å².